The van der Waals surface area contributed by atoms with Crippen LogP contribution in [0.4, 0.5) is 0 Å². The van der Waals surface area contributed by atoms with E-state index >= 15 is 0 Å². The number of rotatable bonds is 9. The molecule has 2 unspecified atom stereocenters. The van der Waals surface area contributed by atoms with E-state index in [9.17, 15) is 0 Å². The van der Waals surface area contributed by atoms with Crippen LogP contribution in [0.3, 0.4) is 0 Å². The summed E-state index contributed by atoms with van der Waals surface area (Å²) in [5, 5.41) is 0. The Morgan fingerprint density at radius 1 is 0.846 bits per heavy atom. The van der Waals surface area contributed by atoms with Crippen molar-refractivity contribution in [3.8, 4) is 0 Å². The predicted octanol–water partition coefficient (Wildman–Crippen LogP) is 4.85. The number of ether oxygens (including phenoxy) is 3. The van der Waals surface area contributed by atoms with Crippen molar-refractivity contribution in [2.45, 2.75) is 39.1 Å². The van der Waals surface area contributed by atoms with Gasteiger partial charge >= 0.3 is 0 Å². The second-order valence-corrected chi connectivity index (χ2v) is 7.32. The molecule has 3 rings (SSSR count). The molecule has 1 aliphatic heterocycles. The summed E-state index contributed by atoms with van der Waals surface area (Å²) in [6.07, 6.45) is 2.55. The van der Waals surface area contributed by atoms with Gasteiger partial charge in [-0.2, -0.15) is 0 Å². The topological polar surface area (TPSA) is 27.7 Å². The molecule has 140 valence electrons. The van der Waals surface area contributed by atoms with Gasteiger partial charge in [0.1, 0.15) is 0 Å². The minimum absolute atomic E-state index is 0.234. The molecular weight excluding hydrogens is 324 g/mol. The van der Waals surface area contributed by atoms with E-state index < -0.39 is 0 Å². The molecular formula is C23H30O3. The van der Waals surface area contributed by atoms with Gasteiger partial charge in [-0.25, -0.2) is 0 Å². The smallest absolute Gasteiger partial charge is 0.0717 e. The van der Waals surface area contributed by atoms with Crippen LogP contribution in [0.25, 0.3) is 0 Å². The first kappa shape index (κ1) is 19.1. The quantitative estimate of drug-likeness (QED) is 0.644. The van der Waals surface area contributed by atoms with Crippen LogP contribution < -0.4 is 0 Å². The van der Waals surface area contributed by atoms with Gasteiger partial charge in [0.2, 0.25) is 0 Å². The molecule has 1 aliphatic rings. The lowest BCUT2D eigenvalue weighted by Gasteiger charge is -2.33. The molecule has 2 atom stereocenters. The molecule has 3 heteroatoms. The van der Waals surface area contributed by atoms with Gasteiger partial charge in [-0.15, -0.1) is 0 Å². The second kappa shape index (κ2) is 10.5. The fourth-order valence-electron chi connectivity index (χ4n) is 3.34. The van der Waals surface area contributed by atoms with Crippen molar-refractivity contribution >= 4 is 0 Å². The summed E-state index contributed by atoms with van der Waals surface area (Å²) in [6.45, 7) is 5.71. The SMILES string of the molecule is CC1CCC(C(COCc2ccccc2)COCc2ccccc2)OC1. The van der Waals surface area contributed by atoms with E-state index in [1.54, 1.807) is 0 Å². The minimum atomic E-state index is 0.234. The number of benzene rings is 2. The van der Waals surface area contributed by atoms with Crippen LogP contribution in [-0.4, -0.2) is 25.9 Å². The number of hydrogen-bond acceptors (Lipinski definition) is 3. The fourth-order valence-corrected chi connectivity index (χ4v) is 3.34. The van der Waals surface area contributed by atoms with Crippen LogP contribution in [0, 0.1) is 11.8 Å². The summed E-state index contributed by atoms with van der Waals surface area (Å²) in [6, 6.07) is 20.6. The van der Waals surface area contributed by atoms with E-state index in [4.69, 9.17) is 14.2 Å². The highest BCUT2D eigenvalue weighted by atomic mass is 16.5. The number of hydrogen-bond donors (Lipinski definition) is 0. The minimum Gasteiger partial charge on any atom is -0.377 e. The lowest BCUT2D eigenvalue weighted by atomic mass is 9.93. The molecule has 0 radical (unpaired) electrons. The van der Waals surface area contributed by atoms with Crippen LogP contribution >= 0.6 is 0 Å². The van der Waals surface area contributed by atoms with E-state index in [2.05, 4.69) is 31.2 Å². The van der Waals surface area contributed by atoms with Crippen molar-refractivity contribution in [3.63, 3.8) is 0 Å². The van der Waals surface area contributed by atoms with E-state index in [1.807, 2.05) is 36.4 Å². The van der Waals surface area contributed by atoms with Crippen LogP contribution in [-0.2, 0) is 27.4 Å². The maximum Gasteiger partial charge on any atom is 0.0717 e. The third-order valence-corrected chi connectivity index (χ3v) is 4.95. The molecule has 2 aromatic carbocycles. The zero-order valence-corrected chi connectivity index (χ0v) is 15.7. The Hall–Kier alpha value is -1.68. The molecule has 2 aromatic rings. The van der Waals surface area contributed by atoms with Gasteiger partial charge in [-0.3, -0.25) is 0 Å². The summed E-state index contributed by atoms with van der Waals surface area (Å²) in [4.78, 5) is 0. The highest BCUT2D eigenvalue weighted by Crippen LogP contribution is 2.25. The van der Waals surface area contributed by atoms with E-state index in [0.29, 0.717) is 32.3 Å². The van der Waals surface area contributed by atoms with Crippen molar-refractivity contribution in [1.29, 1.82) is 0 Å². The van der Waals surface area contributed by atoms with E-state index in [-0.39, 0.29) is 12.0 Å². The highest BCUT2D eigenvalue weighted by molar-refractivity contribution is 5.14. The van der Waals surface area contributed by atoms with Gasteiger partial charge in [0.15, 0.2) is 0 Å². The third-order valence-electron chi connectivity index (χ3n) is 4.95. The highest BCUT2D eigenvalue weighted by Gasteiger charge is 2.27. The van der Waals surface area contributed by atoms with E-state index in [1.165, 1.54) is 17.5 Å². The molecule has 0 bridgehead atoms. The third kappa shape index (κ3) is 6.24. The lowest BCUT2D eigenvalue weighted by Crippen LogP contribution is -2.36. The fraction of sp³-hybridized carbons (Fsp3) is 0.478. The maximum absolute atomic E-state index is 6.10. The molecule has 0 spiro atoms. The summed E-state index contributed by atoms with van der Waals surface area (Å²) in [5.41, 5.74) is 2.41. The average Bonchev–Trinajstić information content (AvgIpc) is 2.69. The van der Waals surface area contributed by atoms with Gasteiger partial charge in [0.25, 0.3) is 0 Å². The van der Waals surface area contributed by atoms with Gasteiger partial charge in [-0.05, 0) is 29.9 Å². The Kier molecular flexibility index (Phi) is 7.68. The van der Waals surface area contributed by atoms with Crippen LogP contribution in [0.15, 0.2) is 60.7 Å². The summed E-state index contributed by atoms with van der Waals surface area (Å²) in [5.74, 6) is 0.928. The van der Waals surface area contributed by atoms with Crippen molar-refractivity contribution in [2.24, 2.45) is 11.8 Å². The lowest BCUT2D eigenvalue weighted by molar-refractivity contribution is -0.0899. The van der Waals surface area contributed by atoms with Crippen LogP contribution in [0.5, 0.6) is 0 Å². The van der Waals surface area contributed by atoms with Gasteiger partial charge in [0, 0.05) is 12.5 Å². The largest absolute Gasteiger partial charge is 0.377 e. The average molecular weight is 354 g/mol. The molecule has 26 heavy (non-hydrogen) atoms. The van der Waals surface area contributed by atoms with Crippen LogP contribution in [0.2, 0.25) is 0 Å². The molecule has 1 fully saturated rings. The molecule has 0 amide bonds. The monoisotopic (exact) mass is 354 g/mol. The maximum atomic E-state index is 6.10. The first-order valence-electron chi connectivity index (χ1n) is 9.66. The zero-order valence-electron chi connectivity index (χ0n) is 15.7. The van der Waals surface area contributed by atoms with Crippen molar-refractivity contribution in [2.75, 3.05) is 19.8 Å². The van der Waals surface area contributed by atoms with Crippen molar-refractivity contribution in [1.82, 2.24) is 0 Å². The van der Waals surface area contributed by atoms with Crippen molar-refractivity contribution in [3.05, 3.63) is 71.8 Å². The second-order valence-electron chi connectivity index (χ2n) is 7.32. The first-order chi connectivity index (χ1) is 12.8. The molecule has 3 nitrogen and oxygen atoms in total. The van der Waals surface area contributed by atoms with Gasteiger partial charge < -0.3 is 14.2 Å². The zero-order chi connectivity index (χ0) is 18.0. The Labute approximate surface area is 157 Å². The molecule has 1 heterocycles. The Morgan fingerprint density at radius 2 is 1.38 bits per heavy atom. The Balaban J connectivity index is 1.49. The van der Waals surface area contributed by atoms with Crippen molar-refractivity contribution < 1.29 is 14.2 Å². The summed E-state index contributed by atoms with van der Waals surface area (Å²) in [7, 11) is 0. The molecule has 0 saturated carbocycles. The predicted molar refractivity (Wildman–Crippen MR) is 104 cm³/mol. The molecule has 0 N–H and O–H groups in total. The molecule has 0 aromatic heterocycles. The molecule has 1 saturated heterocycles. The van der Waals surface area contributed by atoms with E-state index in [0.717, 1.165) is 13.0 Å². The van der Waals surface area contributed by atoms with Crippen LogP contribution in [0.1, 0.15) is 30.9 Å². The summed E-state index contributed by atoms with van der Waals surface area (Å²) >= 11 is 0. The van der Waals surface area contributed by atoms with Gasteiger partial charge in [-0.1, -0.05) is 67.6 Å². The first-order valence-corrected chi connectivity index (χ1v) is 9.66. The normalized spacial score (nSPS) is 20.4. The van der Waals surface area contributed by atoms with Gasteiger partial charge in [0.05, 0.1) is 32.5 Å². The Bertz CT molecular complexity index is 560. The summed E-state index contributed by atoms with van der Waals surface area (Å²) < 4.78 is 18.1. The standard InChI is InChI=1S/C23H30O3/c1-19-12-13-23(26-14-19)22(17-24-15-20-8-4-2-5-9-20)18-25-16-21-10-6-3-7-11-21/h2-11,19,22-23H,12-18H2,1H3. The Morgan fingerprint density at radius 3 is 1.85 bits per heavy atom. The molecule has 0 aliphatic carbocycles.